The number of hydrogen-bond acceptors (Lipinski definition) is 7. The van der Waals surface area contributed by atoms with Gasteiger partial charge in [0.25, 0.3) is 0 Å². The van der Waals surface area contributed by atoms with Gasteiger partial charge in [-0.25, -0.2) is 19.6 Å². The lowest BCUT2D eigenvalue weighted by molar-refractivity contribution is -0.145. The number of halogens is 6. The summed E-state index contributed by atoms with van der Waals surface area (Å²) in [7, 11) is 0. The molecule has 1 spiro atoms. The zero-order valence-corrected chi connectivity index (χ0v) is 17.3. The molecular formula is C19H18F6N8. The minimum Gasteiger partial charge on any atom is -0.355 e. The van der Waals surface area contributed by atoms with Gasteiger partial charge >= 0.3 is 12.4 Å². The number of aryl methyl sites for hydroxylation is 1. The van der Waals surface area contributed by atoms with E-state index < -0.39 is 24.7 Å². The Labute approximate surface area is 183 Å². The highest BCUT2D eigenvalue weighted by atomic mass is 19.4. The fraction of sp³-hybridized carbons (Fsp3) is 0.526. The molecule has 14 heteroatoms. The van der Waals surface area contributed by atoms with E-state index in [0.717, 1.165) is 11.1 Å². The Kier molecular flexibility index (Phi) is 4.69. The fourth-order valence-electron chi connectivity index (χ4n) is 4.43. The highest BCUT2D eigenvalue weighted by Gasteiger charge is 2.49. The average Bonchev–Trinajstić information content (AvgIpc) is 3.29. The predicted octanol–water partition coefficient (Wildman–Crippen LogP) is 3.22. The normalized spacial score (nSPS) is 18.4. The molecule has 0 amide bonds. The van der Waals surface area contributed by atoms with Crippen molar-refractivity contribution in [1.29, 1.82) is 0 Å². The summed E-state index contributed by atoms with van der Waals surface area (Å²) in [4.78, 5) is 19.4. The number of nitrogens with zero attached hydrogens (tertiary/aromatic N) is 8. The molecular weight excluding hydrogens is 454 g/mol. The molecule has 0 radical (unpaired) electrons. The molecule has 176 valence electrons. The van der Waals surface area contributed by atoms with Gasteiger partial charge in [-0.15, -0.1) is 0 Å². The van der Waals surface area contributed by atoms with Crippen LogP contribution in [0.2, 0.25) is 0 Å². The van der Waals surface area contributed by atoms with Crippen molar-refractivity contribution < 1.29 is 26.3 Å². The van der Waals surface area contributed by atoms with Gasteiger partial charge in [-0.2, -0.15) is 36.4 Å². The molecule has 2 aliphatic rings. The fourth-order valence-corrected chi connectivity index (χ4v) is 4.43. The molecule has 0 saturated carbocycles. The van der Waals surface area contributed by atoms with Crippen LogP contribution in [0.3, 0.4) is 0 Å². The van der Waals surface area contributed by atoms with E-state index in [4.69, 9.17) is 0 Å². The smallest absolute Gasteiger partial charge is 0.355 e. The Hall–Kier alpha value is -3.19. The SMILES string of the molecule is Cc1cc(N2CC3(CCN(c4ncc5cnn(CC(F)(F)F)c5n4)C3)C2)nc(C(F)(F)F)n1. The lowest BCUT2D eigenvalue weighted by Gasteiger charge is -2.48. The van der Waals surface area contributed by atoms with E-state index in [1.165, 1.54) is 25.4 Å². The van der Waals surface area contributed by atoms with Gasteiger partial charge in [0.15, 0.2) is 5.65 Å². The first-order valence-corrected chi connectivity index (χ1v) is 10.1. The average molecular weight is 472 g/mol. The van der Waals surface area contributed by atoms with Crippen molar-refractivity contribution >= 4 is 22.8 Å². The molecule has 0 unspecified atom stereocenters. The molecule has 2 saturated heterocycles. The molecule has 5 rings (SSSR count). The Bertz CT molecular complexity index is 1200. The lowest BCUT2D eigenvalue weighted by atomic mass is 9.79. The molecule has 2 aliphatic heterocycles. The number of anilines is 2. The standard InChI is InChI=1S/C19H18F6N8/c1-11-4-13(29-15(28-11)19(23,24)25)32-8-17(9-32)2-3-31(7-17)16-26-5-12-6-27-33(14(12)30-16)10-18(20,21)22/h4-6H,2-3,7-10H2,1H3. The van der Waals surface area contributed by atoms with Crippen LogP contribution >= 0.6 is 0 Å². The lowest BCUT2D eigenvalue weighted by Crippen LogP contribution is -2.58. The van der Waals surface area contributed by atoms with Crippen molar-refractivity contribution in [3.05, 3.63) is 30.0 Å². The summed E-state index contributed by atoms with van der Waals surface area (Å²) in [5.74, 6) is -0.629. The summed E-state index contributed by atoms with van der Waals surface area (Å²) >= 11 is 0. The Balaban J connectivity index is 1.31. The van der Waals surface area contributed by atoms with E-state index >= 15 is 0 Å². The molecule has 0 N–H and O–H groups in total. The van der Waals surface area contributed by atoms with Crippen LogP contribution in [0.5, 0.6) is 0 Å². The Morgan fingerprint density at radius 3 is 2.39 bits per heavy atom. The topological polar surface area (TPSA) is 75.9 Å². The zero-order valence-electron chi connectivity index (χ0n) is 17.3. The zero-order chi connectivity index (χ0) is 23.6. The van der Waals surface area contributed by atoms with Crippen molar-refractivity contribution in [3.63, 3.8) is 0 Å². The second-order valence-corrected chi connectivity index (χ2v) is 8.58. The Morgan fingerprint density at radius 2 is 1.70 bits per heavy atom. The van der Waals surface area contributed by atoms with E-state index in [1.807, 2.05) is 4.90 Å². The molecule has 3 aromatic heterocycles. The third-order valence-electron chi connectivity index (χ3n) is 5.88. The summed E-state index contributed by atoms with van der Waals surface area (Å²) in [5, 5.41) is 4.16. The molecule has 0 bridgehead atoms. The van der Waals surface area contributed by atoms with E-state index in [0.29, 0.717) is 37.5 Å². The first-order valence-electron chi connectivity index (χ1n) is 10.1. The maximum atomic E-state index is 13.0. The van der Waals surface area contributed by atoms with Gasteiger partial charge in [0.2, 0.25) is 11.8 Å². The van der Waals surface area contributed by atoms with Crippen molar-refractivity contribution in [2.45, 2.75) is 32.2 Å². The van der Waals surface area contributed by atoms with Crippen molar-refractivity contribution in [3.8, 4) is 0 Å². The van der Waals surface area contributed by atoms with Gasteiger partial charge in [-0.1, -0.05) is 0 Å². The Morgan fingerprint density at radius 1 is 0.970 bits per heavy atom. The third kappa shape index (κ3) is 4.13. The quantitative estimate of drug-likeness (QED) is 0.542. The second-order valence-electron chi connectivity index (χ2n) is 8.58. The molecule has 3 aromatic rings. The van der Waals surface area contributed by atoms with Crippen LogP contribution in [-0.2, 0) is 12.7 Å². The number of aromatic nitrogens is 6. The van der Waals surface area contributed by atoms with E-state index in [1.54, 1.807) is 4.90 Å². The number of alkyl halides is 6. The summed E-state index contributed by atoms with van der Waals surface area (Å²) in [5.41, 5.74) is 0.157. The van der Waals surface area contributed by atoms with Crippen LogP contribution in [0.15, 0.2) is 18.5 Å². The summed E-state index contributed by atoms with van der Waals surface area (Å²) in [6.07, 6.45) is -5.57. The molecule has 0 aliphatic carbocycles. The molecule has 0 atom stereocenters. The van der Waals surface area contributed by atoms with Crippen molar-refractivity contribution in [1.82, 2.24) is 29.7 Å². The molecule has 8 nitrogen and oxygen atoms in total. The maximum absolute atomic E-state index is 13.0. The van der Waals surface area contributed by atoms with Gasteiger partial charge in [0.05, 0.1) is 11.6 Å². The summed E-state index contributed by atoms with van der Waals surface area (Å²) in [6, 6.07) is 1.52. The van der Waals surface area contributed by atoms with Gasteiger partial charge in [0, 0.05) is 49.6 Å². The first kappa shape index (κ1) is 21.6. The number of fused-ring (bicyclic) bond motifs is 1. The van der Waals surface area contributed by atoms with Crippen LogP contribution in [0.4, 0.5) is 38.1 Å². The van der Waals surface area contributed by atoms with Gasteiger partial charge in [0.1, 0.15) is 12.4 Å². The monoisotopic (exact) mass is 472 g/mol. The highest BCUT2D eigenvalue weighted by Crippen LogP contribution is 2.42. The van der Waals surface area contributed by atoms with Crippen LogP contribution < -0.4 is 9.80 Å². The van der Waals surface area contributed by atoms with Crippen LogP contribution in [-0.4, -0.2) is 62.1 Å². The van der Waals surface area contributed by atoms with Crippen LogP contribution in [0.1, 0.15) is 17.9 Å². The molecule has 5 heterocycles. The summed E-state index contributed by atoms with van der Waals surface area (Å²) in [6.45, 7) is 2.38. The van der Waals surface area contributed by atoms with Gasteiger partial charge < -0.3 is 9.80 Å². The van der Waals surface area contributed by atoms with Crippen LogP contribution in [0.25, 0.3) is 11.0 Å². The largest absolute Gasteiger partial charge is 0.451 e. The van der Waals surface area contributed by atoms with E-state index in [-0.39, 0.29) is 22.6 Å². The molecule has 33 heavy (non-hydrogen) atoms. The van der Waals surface area contributed by atoms with E-state index in [9.17, 15) is 26.3 Å². The number of hydrogen-bond donors (Lipinski definition) is 0. The second kappa shape index (κ2) is 7.15. The number of rotatable bonds is 3. The van der Waals surface area contributed by atoms with Crippen molar-refractivity contribution in [2.24, 2.45) is 5.41 Å². The van der Waals surface area contributed by atoms with Crippen molar-refractivity contribution in [2.75, 3.05) is 36.0 Å². The third-order valence-corrected chi connectivity index (χ3v) is 5.88. The first-order chi connectivity index (χ1) is 15.4. The molecule has 0 aromatic carbocycles. The molecule has 2 fully saturated rings. The maximum Gasteiger partial charge on any atom is 0.451 e. The minimum absolute atomic E-state index is 0.102. The predicted molar refractivity (Wildman–Crippen MR) is 105 cm³/mol. The highest BCUT2D eigenvalue weighted by molar-refractivity contribution is 5.74. The van der Waals surface area contributed by atoms with E-state index in [2.05, 4.69) is 25.0 Å². The van der Waals surface area contributed by atoms with Crippen LogP contribution in [0, 0.1) is 12.3 Å². The van der Waals surface area contributed by atoms with Gasteiger partial charge in [-0.3, -0.25) is 0 Å². The minimum atomic E-state index is -4.62. The van der Waals surface area contributed by atoms with Gasteiger partial charge in [-0.05, 0) is 13.3 Å². The summed E-state index contributed by atoms with van der Waals surface area (Å²) < 4.78 is 78.3.